The number of pyridine rings is 2. The van der Waals surface area contributed by atoms with Crippen molar-refractivity contribution in [2.45, 2.75) is 44.8 Å². The van der Waals surface area contributed by atoms with Crippen molar-refractivity contribution >= 4 is 5.65 Å². The summed E-state index contributed by atoms with van der Waals surface area (Å²) in [7, 11) is 0. The van der Waals surface area contributed by atoms with Crippen LogP contribution in [0.25, 0.3) is 22.6 Å². The second-order valence-corrected chi connectivity index (χ2v) is 9.69. The Balaban J connectivity index is 1.07. The van der Waals surface area contributed by atoms with Gasteiger partial charge in [0.15, 0.2) is 0 Å². The molecule has 0 amide bonds. The highest BCUT2D eigenvalue weighted by Gasteiger charge is 2.33. The fraction of sp³-hybridized carbons (Fsp3) is 0.360. The quantitative estimate of drug-likeness (QED) is 0.380. The van der Waals surface area contributed by atoms with Crippen molar-refractivity contribution in [2.75, 3.05) is 6.54 Å². The number of hydrogen-bond donors (Lipinski definition) is 0. The van der Waals surface area contributed by atoms with Gasteiger partial charge in [-0.1, -0.05) is 11.3 Å². The molecule has 0 radical (unpaired) electrons. The average molecular weight is 467 g/mol. The van der Waals surface area contributed by atoms with Gasteiger partial charge in [-0.15, -0.1) is 5.10 Å². The lowest BCUT2D eigenvalue weighted by Crippen LogP contribution is -2.47. The molecule has 5 aromatic rings. The number of nitrogens with zero attached hydrogens (tertiary/aromatic N) is 10. The molecule has 1 saturated carbocycles. The standard InChI is InChI=1S/C25H26N10/c1-4-22-5-2-18(1)12-32(22)13-19-3-6-25-29-21(15-33(25)14-19)16-34-17-24(30-31-34)20-9-23(11-26-10-20)35-27-7-8-28-35/h3,6-11,14-15,17-18,22H,1-2,4-5,12-13,16H2. The summed E-state index contributed by atoms with van der Waals surface area (Å²) in [5.74, 6) is 0.900. The predicted octanol–water partition coefficient (Wildman–Crippen LogP) is 2.99. The van der Waals surface area contributed by atoms with E-state index < -0.39 is 0 Å². The molecule has 2 bridgehead atoms. The van der Waals surface area contributed by atoms with Crippen molar-refractivity contribution in [3.05, 3.63) is 72.8 Å². The van der Waals surface area contributed by atoms with E-state index in [1.807, 2.05) is 12.3 Å². The Labute approximate surface area is 202 Å². The van der Waals surface area contributed by atoms with Gasteiger partial charge in [0.05, 0.1) is 37.0 Å². The average Bonchev–Trinajstić information content (AvgIpc) is 3.66. The molecule has 8 rings (SSSR count). The summed E-state index contributed by atoms with van der Waals surface area (Å²) in [6.07, 6.45) is 18.5. The maximum Gasteiger partial charge on any atom is 0.137 e. The minimum atomic E-state index is 0.549. The number of piperidine rings is 2. The molecule has 2 saturated heterocycles. The van der Waals surface area contributed by atoms with Gasteiger partial charge in [-0.3, -0.25) is 9.88 Å². The van der Waals surface area contributed by atoms with Crippen LogP contribution < -0.4 is 0 Å². The zero-order valence-corrected chi connectivity index (χ0v) is 19.4. The van der Waals surface area contributed by atoms with Crippen LogP contribution in [0.1, 0.15) is 36.9 Å². The van der Waals surface area contributed by atoms with Gasteiger partial charge in [0, 0.05) is 43.3 Å². The summed E-state index contributed by atoms with van der Waals surface area (Å²) in [5, 5.41) is 17.0. The Hall–Kier alpha value is -3.92. The van der Waals surface area contributed by atoms with Crippen LogP contribution in [0.5, 0.6) is 0 Å². The molecule has 3 aliphatic rings. The van der Waals surface area contributed by atoms with Gasteiger partial charge in [-0.25, -0.2) is 9.67 Å². The Morgan fingerprint density at radius 2 is 1.80 bits per heavy atom. The molecule has 0 atom stereocenters. The first-order chi connectivity index (χ1) is 17.3. The topological polar surface area (TPSA) is 94.8 Å². The van der Waals surface area contributed by atoms with Crippen molar-refractivity contribution in [2.24, 2.45) is 5.92 Å². The Morgan fingerprint density at radius 1 is 0.914 bits per heavy atom. The van der Waals surface area contributed by atoms with Gasteiger partial charge >= 0.3 is 0 Å². The van der Waals surface area contributed by atoms with Crippen molar-refractivity contribution in [3.63, 3.8) is 0 Å². The molecule has 10 nitrogen and oxygen atoms in total. The van der Waals surface area contributed by atoms with Crippen LogP contribution in [-0.2, 0) is 13.1 Å². The molecule has 7 heterocycles. The first-order valence-corrected chi connectivity index (χ1v) is 12.2. The van der Waals surface area contributed by atoms with E-state index >= 15 is 0 Å². The normalized spacial score (nSPS) is 20.1. The Kier molecular flexibility index (Phi) is 4.90. The summed E-state index contributed by atoms with van der Waals surface area (Å²) in [5.41, 5.74) is 5.62. The fourth-order valence-corrected chi connectivity index (χ4v) is 5.56. The van der Waals surface area contributed by atoms with Gasteiger partial charge in [-0.05, 0) is 49.3 Å². The summed E-state index contributed by atoms with van der Waals surface area (Å²) < 4.78 is 3.94. The Morgan fingerprint density at radius 3 is 2.63 bits per heavy atom. The number of hydrogen-bond acceptors (Lipinski definition) is 7. The number of rotatable bonds is 6. The number of aromatic nitrogens is 9. The van der Waals surface area contributed by atoms with Crippen LogP contribution in [0.2, 0.25) is 0 Å². The van der Waals surface area contributed by atoms with E-state index in [-0.39, 0.29) is 0 Å². The maximum atomic E-state index is 4.79. The summed E-state index contributed by atoms with van der Waals surface area (Å²) in [6.45, 7) is 2.83. The lowest BCUT2D eigenvalue weighted by molar-refractivity contribution is 0.0425. The molecule has 176 valence electrons. The van der Waals surface area contributed by atoms with Gasteiger partial charge in [0.25, 0.3) is 0 Å². The highest BCUT2D eigenvalue weighted by Crippen LogP contribution is 2.35. The highest BCUT2D eigenvalue weighted by atomic mass is 15.5. The minimum absolute atomic E-state index is 0.549. The summed E-state index contributed by atoms with van der Waals surface area (Å²) in [6, 6.07) is 7.05. The lowest BCUT2D eigenvalue weighted by Gasteiger charge is -2.45. The smallest absolute Gasteiger partial charge is 0.137 e. The third kappa shape index (κ3) is 3.99. The van der Waals surface area contributed by atoms with Gasteiger partial charge in [0.2, 0.25) is 0 Å². The maximum absolute atomic E-state index is 4.79. The van der Waals surface area contributed by atoms with E-state index in [2.05, 4.69) is 59.3 Å². The van der Waals surface area contributed by atoms with Crippen LogP contribution >= 0.6 is 0 Å². The van der Waals surface area contributed by atoms with E-state index in [0.717, 1.165) is 46.8 Å². The summed E-state index contributed by atoms with van der Waals surface area (Å²) >= 11 is 0. The van der Waals surface area contributed by atoms with E-state index in [4.69, 9.17) is 4.98 Å². The van der Waals surface area contributed by atoms with Crippen LogP contribution in [0, 0.1) is 5.92 Å². The van der Waals surface area contributed by atoms with Gasteiger partial charge in [0.1, 0.15) is 17.0 Å². The molecular weight excluding hydrogens is 440 g/mol. The van der Waals surface area contributed by atoms with E-state index in [1.54, 1.807) is 29.5 Å². The van der Waals surface area contributed by atoms with Gasteiger partial charge < -0.3 is 4.40 Å². The van der Waals surface area contributed by atoms with Crippen molar-refractivity contribution in [1.82, 2.24) is 49.3 Å². The number of fused-ring (bicyclic) bond motifs is 4. The second-order valence-electron chi connectivity index (χ2n) is 9.69. The third-order valence-electron chi connectivity index (χ3n) is 7.31. The Bertz CT molecular complexity index is 1460. The van der Waals surface area contributed by atoms with Crippen molar-refractivity contribution in [1.29, 1.82) is 0 Å². The van der Waals surface area contributed by atoms with E-state index in [0.29, 0.717) is 6.54 Å². The molecule has 3 fully saturated rings. The molecule has 5 aromatic heterocycles. The molecular formula is C25H26N10. The van der Waals surface area contributed by atoms with Gasteiger partial charge in [-0.2, -0.15) is 15.0 Å². The SMILES string of the molecule is c1cnn(-c2cncc(-c3cn(Cc4cn5cc(CN6CC7CCC6CC7)ccc5n4)nn3)c2)n1. The molecule has 35 heavy (non-hydrogen) atoms. The summed E-state index contributed by atoms with van der Waals surface area (Å²) in [4.78, 5) is 13.3. The van der Waals surface area contributed by atoms with Crippen LogP contribution in [0.15, 0.2) is 61.6 Å². The van der Waals surface area contributed by atoms with Crippen LogP contribution in [0.4, 0.5) is 0 Å². The van der Waals surface area contributed by atoms with Crippen molar-refractivity contribution < 1.29 is 0 Å². The zero-order valence-electron chi connectivity index (χ0n) is 19.4. The van der Waals surface area contributed by atoms with E-state index in [1.165, 1.54) is 42.6 Å². The largest absolute Gasteiger partial charge is 0.306 e. The van der Waals surface area contributed by atoms with Crippen molar-refractivity contribution in [3.8, 4) is 16.9 Å². The highest BCUT2D eigenvalue weighted by molar-refractivity contribution is 5.59. The molecule has 10 heteroatoms. The predicted molar refractivity (Wildman–Crippen MR) is 129 cm³/mol. The van der Waals surface area contributed by atoms with Crippen LogP contribution in [-0.4, -0.2) is 61.8 Å². The van der Waals surface area contributed by atoms with E-state index in [9.17, 15) is 0 Å². The molecule has 0 N–H and O–H groups in total. The first kappa shape index (κ1) is 20.5. The third-order valence-corrected chi connectivity index (χ3v) is 7.31. The lowest BCUT2D eigenvalue weighted by atomic mass is 9.80. The second kappa shape index (κ2) is 8.38. The fourth-order valence-electron chi connectivity index (χ4n) is 5.56. The molecule has 0 aromatic carbocycles. The first-order valence-electron chi connectivity index (χ1n) is 12.2. The molecule has 0 spiro atoms. The zero-order chi connectivity index (χ0) is 23.2. The van der Waals surface area contributed by atoms with Crippen LogP contribution in [0.3, 0.4) is 0 Å². The monoisotopic (exact) mass is 466 g/mol. The number of imidazole rings is 1. The molecule has 1 aliphatic carbocycles. The molecule has 2 aliphatic heterocycles. The minimum Gasteiger partial charge on any atom is -0.306 e. The molecule has 0 unspecified atom stereocenters.